The van der Waals surface area contributed by atoms with Gasteiger partial charge in [0.1, 0.15) is 6.04 Å². The summed E-state index contributed by atoms with van der Waals surface area (Å²) >= 11 is 0. The van der Waals surface area contributed by atoms with Crippen molar-refractivity contribution in [3.05, 3.63) is 66.2 Å². The van der Waals surface area contributed by atoms with Crippen molar-refractivity contribution in [1.82, 2.24) is 9.62 Å². The molecule has 1 amide bonds. The highest BCUT2D eigenvalue weighted by Gasteiger charge is 2.41. The van der Waals surface area contributed by atoms with Crippen LogP contribution in [-0.2, 0) is 20.2 Å². The Balaban J connectivity index is 1.50. The van der Waals surface area contributed by atoms with E-state index in [0.29, 0.717) is 19.5 Å². The third kappa shape index (κ3) is 3.96. The molecule has 1 aliphatic carbocycles. The third-order valence-corrected chi connectivity index (χ3v) is 8.33. The molecule has 0 spiro atoms. The molecule has 1 unspecified atom stereocenters. The number of benzene rings is 2. The molecule has 29 heavy (non-hydrogen) atoms. The maximum absolute atomic E-state index is 13.1. The van der Waals surface area contributed by atoms with Gasteiger partial charge >= 0.3 is 0 Å². The van der Waals surface area contributed by atoms with Crippen LogP contribution >= 0.6 is 0 Å². The van der Waals surface area contributed by atoms with Crippen molar-refractivity contribution in [3.8, 4) is 0 Å². The summed E-state index contributed by atoms with van der Waals surface area (Å²) in [6.07, 6.45) is 5.47. The van der Waals surface area contributed by atoms with Gasteiger partial charge < -0.3 is 5.32 Å². The lowest BCUT2D eigenvalue weighted by Gasteiger charge is -2.43. The number of amides is 1. The van der Waals surface area contributed by atoms with Crippen molar-refractivity contribution in [2.24, 2.45) is 0 Å². The minimum atomic E-state index is -3.68. The van der Waals surface area contributed by atoms with Crippen LogP contribution in [-0.4, -0.2) is 37.8 Å². The lowest BCUT2D eigenvalue weighted by molar-refractivity contribution is -0.126. The average Bonchev–Trinajstić information content (AvgIpc) is 2.74. The fourth-order valence-electron chi connectivity index (χ4n) is 4.52. The van der Waals surface area contributed by atoms with Crippen molar-refractivity contribution in [1.29, 1.82) is 0 Å². The van der Waals surface area contributed by atoms with Gasteiger partial charge in [-0.1, -0.05) is 61.4 Å². The molecule has 2 fully saturated rings. The number of nitrogens with one attached hydrogen (secondary N) is 1. The number of rotatable bonds is 6. The van der Waals surface area contributed by atoms with Crippen molar-refractivity contribution < 1.29 is 13.2 Å². The van der Waals surface area contributed by atoms with E-state index in [4.69, 9.17) is 0 Å². The predicted molar refractivity (Wildman–Crippen MR) is 113 cm³/mol. The first kappa shape index (κ1) is 20.1. The molecule has 1 heterocycles. The molecule has 2 aromatic carbocycles. The van der Waals surface area contributed by atoms with Gasteiger partial charge in [-0.2, -0.15) is 4.31 Å². The van der Waals surface area contributed by atoms with Crippen molar-refractivity contribution in [3.63, 3.8) is 0 Å². The lowest BCUT2D eigenvalue weighted by atomic mass is 9.64. The normalized spacial score (nSPS) is 21.9. The summed E-state index contributed by atoms with van der Waals surface area (Å²) in [4.78, 5) is 13.3. The SMILES string of the molecule is O=C(NCC1(c2ccccc2)CCC1)C1CCCCN1S(=O)(=O)c1ccccc1. The summed E-state index contributed by atoms with van der Waals surface area (Å²) in [5.41, 5.74) is 1.23. The third-order valence-electron chi connectivity index (χ3n) is 6.40. The summed E-state index contributed by atoms with van der Waals surface area (Å²) < 4.78 is 27.7. The average molecular weight is 413 g/mol. The molecule has 2 aromatic rings. The van der Waals surface area contributed by atoms with Crippen LogP contribution in [0, 0.1) is 0 Å². The van der Waals surface area contributed by atoms with E-state index in [1.807, 2.05) is 18.2 Å². The highest BCUT2D eigenvalue weighted by atomic mass is 32.2. The van der Waals surface area contributed by atoms with Crippen LogP contribution in [0.15, 0.2) is 65.6 Å². The van der Waals surface area contributed by atoms with E-state index in [9.17, 15) is 13.2 Å². The van der Waals surface area contributed by atoms with Gasteiger partial charge in [0.25, 0.3) is 0 Å². The topological polar surface area (TPSA) is 66.5 Å². The van der Waals surface area contributed by atoms with Crippen LogP contribution in [0.4, 0.5) is 0 Å². The number of carbonyl (C=O) groups is 1. The van der Waals surface area contributed by atoms with Gasteiger partial charge in [-0.25, -0.2) is 8.42 Å². The zero-order valence-electron chi connectivity index (χ0n) is 16.6. The molecule has 1 aliphatic heterocycles. The first-order valence-electron chi connectivity index (χ1n) is 10.4. The van der Waals surface area contributed by atoms with Gasteiger partial charge in [0, 0.05) is 18.5 Å². The molecule has 2 aliphatic rings. The summed E-state index contributed by atoms with van der Waals surface area (Å²) in [5.74, 6) is -0.175. The number of hydrogen-bond donors (Lipinski definition) is 1. The second kappa shape index (κ2) is 8.28. The Morgan fingerprint density at radius 1 is 0.966 bits per heavy atom. The van der Waals surface area contributed by atoms with E-state index in [0.717, 1.165) is 32.1 Å². The molecular weight excluding hydrogens is 384 g/mol. The van der Waals surface area contributed by atoms with Crippen molar-refractivity contribution >= 4 is 15.9 Å². The van der Waals surface area contributed by atoms with Crippen LogP contribution in [0.25, 0.3) is 0 Å². The fourth-order valence-corrected chi connectivity index (χ4v) is 6.20. The van der Waals surface area contributed by atoms with Crippen LogP contribution in [0.3, 0.4) is 0 Å². The first-order valence-corrected chi connectivity index (χ1v) is 11.9. The smallest absolute Gasteiger partial charge is 0.243 e. The van der Waals surface area contributed by atoms with Gasteiger partial charge in [-0.15, -0.1) is 0 Å². The molecule has 0 bridgehead atoms. The Kier molecular flexibility index (Phi) is 5.74. The monoisotopic (exact) mass is 412 g/mol. The van der Waals surface area contributed by atoms with Gasteiger partial charge in [-0.05, 0) is 43.4 Å². The minimum Gasteiger partial charge on any atom is -0.354 e. The number of carbonyl (C=O) groups excluding carboxylic acids is 1. The predicted octanol–water partition coefficient (Wildman–Crippen LogP) is 3.47. The van der Waals surface area contributed by atoms with Crippen molar-refractivity contribution in [2.45, 2.75) is 54.9 Å². The lowest BCUT2D eigenvalue weighted by Crippen LogP contribution is -2.54. The molecule has 6 heteroatoms. The van der Waals surface area contributed by atoms with Crippen LogP contribution in [0.2, 0.25) is 0 Å². The Hall–Kier alpha value is -2.18. The van der Waals surface area contributed by atoms with E-state index in [-0.39, 0.29) is 16.2 Å². The standard InChI is InChI=1S/C23H28N2O3S/c26-22(24-18-23(15-9-16-23)19-10-3-1-4-11-19)21-14-7-8-17-25(21)29(27,28)20-12-5-2-6-13-20/h1-6,10-13,21H,7-9,14-18H2,(H,24,26). The molecule has 154 valence electrons. The Labute approximate surface area is 173 Å². The maximum Gasteiger partial charge on any atom is 0.243 e. The second-order valence-electron chi connectivity index (χ2n) is 8.16. The molecule has 1 saturated carbocycles. The second-order valence-corrected chi connectivity index (χ2v) is 10.0. The van der Waals surface area contributed by atoms with Gasteiger partial charge in [0.05, 0.1) is 4.90 Å². The Bertz CT molecular complexity index is 941. The van der Waals surface area contributed by atoms with E-state index < -0.39 is 16.1 Å². The van der Waals surface area contributed by atoms with Crippen molar-refractivity contribution in [2.75, 3.05) is 13.1 Å². The molecule has 5 nitrogen and oxygen atoms in total. The highest BCUT2D eigenvalue weighted by molar-refractivity contribution is 7.89. The van der Waals surface area contributed by atoms with E-state index in [1.54, 1.807) is 30.3 Å². The Morgan fingerprint density at radius 3 is 2.24 bits per heavy atom. The van der Waals surface area contributed by atoms with Crippen LogP contribution in [0.1, 0.15) is 44.1 Å². The summed E-state index contributed by atoms with van der Waals surface area (Å²) in [6, 6.07) is 18.1. The summed E-state index contributed by atoms with van der Waals surface area (Å²) in [6.45, 7) is 0.949. The molecular formula is C23H28N2O3S. The quantitative estimate of drug-likeness (QED) is 0.790. The van der Waals surface area contributed by atoms with Gasteiger partial charge in [-0.3, -0.25) is 4.79 Å². The van der Waals surface area contributed by atoms with Gasteiger partial charge in [0.2, 0.25) is 15.9 Å². The fraction of sp³-hybridized carbons (Fsp3) is 0.435. The van der Waals surface area contributed by atoms with Gasteiger partial charge in [0.15, 0.2) is 0 Å². The van der Waals surface area contributed by atoms with E-state index >= 15 is 0 Å². The number of piperidine rings is 1. The molecule has 4 rings (SSSR count). The highest BCUT2D eigenvalue weighted by Crippen LogP contribution is 2.43. The van der Waals surface area contributed by atoms with E-state index in [1.165, 1.54) is 9.87 Å². The van der Waals surface area contributed by atoms with Crippen LogP contribution in [0.5, 0.6) is 0 Å². The summed E-state index contributed by atoms with van der Waals surface area (Å²) in [7, 11) is -3.68. The zero-order chi connectivity index (χ0) is 20.3. The molecule has 0 radical (unpaired) electrons. The minimum absolute atomic E-state index is 0.0191. The maximum atomic E-state index is 13.1. The first-order chi connectivity index (χ1) is 14.0. The zero-order valence-corrected chi connectivity index (χ0v) is 17.4. The molecule has 0 aromatic heterocycles. The molecule has 1 atom stereocenters. The van der Waals surface area contributed by atoms with Crippen LogP contribution < -0.4 is 5.32 Å². The van der Waals surface area contributed by atoms with E-state index in [2.05, 4.69) is 17.4 Å². The number of hydrogen-bond acceptors (Lipinski definition) is 3. The Morgan fingerprint density at radius 2 is 1.62 bits per heavy atom. The largest absolute Gasteiger partial charge is 0.354 e. The number of nitrogens with zero attached hydrogens (tertiary/aromatic N) is 1. The summed E-state index contributed by atoms with van der Waals surface area (Å²) in [5, 5.41) is 3.10. The molecule has 1 saturated heterocycles. The molecule has 1 N–H and O–H groups in total. The number of sulfonamides is 1.